The lowest BCUT2D eigenvalue weighted by molar-refractivity contribution is -0.203. The molecule has 1 unspecified atom stereocenters. The summed E-state index contributed by atoms with van der Waals surface area (Å²) in [7, 11) is 0. The van der Waals surface area contributed by atoms with Crippen LogP contribution in [-0.2, 0) is 14.3 Å². The van der Waals surface area contributed by atoms with Gasteiger partial charge in [0, 0.05) is 6.54 Å². The van der Waals surface area contributed by atoms with Gasteiger partial charge in [0.25, 0.3) is 0 Å². The number of urea groups is 1. The maximum Gasteiger partial charge on any atom is 0.422 e. The molecule has 0 aromatic heterocycles. The van der Waals surface area contributed by atoms with Gasteiger partial charge in [-0.15, -0.1) is 0 Å². The number of carboxylic acids is 1. The van der Waals surface area contributed by atoms with E-state index in [1.807, 2.05) is 0 Å². The molecular formula is C11H17F3N2O5. The highest BCUT2D eigenvalue weighted by molar-refractivity contribution is 5.88. The predicted octanol–water partition coefficient (Wildman–Crippen LogP) is 0.987. The Morgan fingerprint density at radius 2 is 1.76 bits per heavy atom. The van der Waals surface area contributed by atoms with Crippen LogP contribution in [0.1, 0.15) is 20.8 Å². The Labute approximate surface area is 119 Å². The molecule has 0 aliphatic heterocycles. The first-order valence-electron chi connectivity index (χ1n) is 6.02. The summed E-state index contributed by atoms with van der Waals surface area (Å²) in [5.41, 5.74) is -3.45. The van der Waals surface area contributed by atoms with E-state index in [9.17, 15) is 27.6 Å². The van der Waals surface area contributed by atoms with Gasteiger partial charge >= 0.3 is 24.1 Å². The molecule has 0 bridgehead atoms. The van der Waals surface area contributed by atoms with Gasteiger partial charge in [0.05, 0.1) is 6.61 Å². The number of ether oxygens (including phenoxy) is 1. The normalized spacial score (nSPS) is 14.0. The average Bonchev–Trinajstić information content (AvgIpc) is 2.34. The Kier molecular flexibility index (Phi) is 6.46. The van der Waals surface area contributed by atoms with Crippen LogP contribution in [0.5, 0.6) is 0 Å². The molecule has 2 N–H and O–H groups in total. The largest absolute Gasteiger partial charge is 0.479 e. The van der Waals surface area contributed by atoms with Crippen molar-refractivity contribution in [3.05, 3.63) is 0 Å². The number of amides is 2. The average molecular weight is 314 g/mol. The molecule has 0 spiro atoms. The molecule has 0 aromatic rings. The zero-order chi connectivity index (χ0) is 16.8. The van der Waals surface area contributed by atoms with Crippen molar-refractivity contribution < 1.29 is 37.4 Å². The van der Waals surface area contributed by atoms with E-state index < -0.39 is 36.2 Å². The molecule has 0 heterocycles. The summed E-state index contributed by atoms with van der Waals surface area (Å²) >= 11 is 0. The van der Waals surface area contributed by atoms with Gasteiger partial charge in [-0.05, 0) is 20.8 Å². The second-order valence-corrected chi connectivity index (χ2v) is 4.18. The van der Waals surface area contributed by atoms with Crippen LogP contribution < -0.4 is 5.32 Å². The highest BCUT2D eigenvalue weighted by Gasteiger charge is 2.58. The zero-order valence-corrected chi connectivity index (χ0v) is 11.8. The number of aliphatic carboxylic acids is 1. The lowest BCUT2D eigenvalue weighted by Gasteiger charge is -2.31. The van der Waals surface area contributed by atoms with Gasteiger partial charge in [0.15, 0.2) is 0 Å². The fraction of sp³-hybridized carbons (Fsp3) is 0.727. The van der Waals surface area contributed by atoms with E-state index in [0.29, 0.717) is 11.8 Å². The monoisotopic (exact) mass is 314 g/mol. The van der Waals surface area contributed by atoms with Crippen LogP contribution >= 0.6 is 0 Å². The van der Waals surface area contributed by atoms with E-state index in [-0.39, 0.29) is 13.2 Å². The number of hydrogen-bond donors (Lipinski definition) is 2. The number of likely N-dealkylation sites (N-methyl/N-ethyl adjacent to an activating group) is 1. The molecule has 0 aliphatic rings. The molecule has 21 heavy (non-hydrogen) atoms. The second kappa shape index (κ2) is 7.14. The minimum absolute atomic E-state index is 0.0490. The third kappa shape index (κ3) is 4.80. The van der Waals surface area contributed by atoms with Crippen molar-refractivity contribution in [3.63, 3.8) is 0 Å². The number of nitrogens with zero attached hydrogens (tertiary/aromatic N) is 1. The molecule has 0 aromatic carbocycles. The number of hydrogen-bond acceptors (Lipinski definition) is 4. The number of carboxylic acid groups (broad SMARTS) is 1. The number of carbonyl (C=O) groups is 3. The van der Waals surface area contributed by atoms with Gasteiger partial charge in [-0.1, -0.05) is 0 Å². The zero-order valence-electron chi connectivity index (χ0n) is 11.8. The van der Waals surface area contributed by atoms with Crippen molar-refractivity contribution in [2.45, 2.75) is 32.5 Å². The minimum Gasteiger partial charge on any atom is -0.479 e. The van der Waals surface area contributed by atoms with Crippen molar-refractivity contribution >= 4 is 18.0 Å². The van der Waals surface area contributed by atoms with Crippen LogP contribution in [0.3, 0.4) is 0 Å². The summed E-state index contributed by atoms with van der Waals surface area (Å²) in [6, 6.07) is -1.33. The van der Waals surface area contributed by atoms with Crippen molar-refractivity contribution in [1.82, 2.24) is 10.2 Å². The first-order valence-corrected chi connectivity index (χ1v) is 6.02. The standard InChI is InChI=1S/C11H17F3N2O5/c1-4-16(6-7(17)21-5-2)9(20)15-10(3,8(18)19)11(12,13)14/h4-6H2,1-3H3,(H,15,20)(H,18,19). The third-order valence-electron chi connectivity index (χ3n) is 2.65. The maximum absolute atomic E-state index is 12.8. The summed E-state index contributed by atoms with van der Waals surface area (Å²) in [4.78, 5) is 34.5. The molecule has 2 amide bonds. The van der Waals surface area contributed by atoms with Crippen LogP contribution in [0.4, 0.5) is 18.0 Å². The van der Waals surface area contributed by atoms with Gasteiger partial charge in [0.1, 0.15) is 6.54 Å². The van der Waals surface area contributed by atoms with Gasteiger partial charge < -0.3 is 20.1 Å². The first kappa shape index (κ1) is 19.0. The summed E-state index contributed by atoms with van der Waals surface area (Å²) in [5.74, 6) is -3.06. The topological polar surface area (TPSA) is 95.9 Å². The fourth-order valence-corrected chi connectivity index (χ4v) is 1.23. The summed E-state index contributed by atoms with van der Waals surface area (Å²) in [5, 5.41) is 10.1. The summed E-state index contributed by atoms with van der Waals surface area (Å²) < 4.78 is 42.9. The van der Waals surface area contributed by atoms with E-state index >= 15 is 0 Å². The number of nitrogens with one attached hydrogen (secondary N) is 1. The SMILES string of the molecule is CCOC(=O)CN(CC)C(=O)NC(C)(C(=O)O)C(F)(F)F. The van der Waals surface area contributed by atoms with E-state index in [4.69, 9.17) is 5.11 Å². The third-order valence-corrected chi connectivity index (χ3v) is 2.65. The Hall–Kier alpha value is -2.00. The van der Waals surface area contributed by atoms with Crippen LogP contribution in [-0.4, -0.2) is 59.4 Å². The van der Waals surface area contributed by atoms with Crippen LogP contribution in [0.2, 0.25) is 0 Å². The van der Waals surface area contributed by atoms with Gasteiger partial charge in [-0.3, -0.25) is 4.79 Å². The van der Waals surface area contributed by atoms with Gasteiger partial charge in [-0.25, -0.2) is 9.59 Å². The maximum atomic E-state index is 12.8. The molecule has 7 nitrogen and oxygen atoms in total. The Bertz CT molecular complexity index is 413. The Morgan fingerprint density at radius 1 is 1.24 bits per heavy atom. The lowest BCUT2D eigenvalue weighted by atomic mass is 10.0. The lowest BCUT2D eigenvalue weighted by Crippen LogP contribution is -2.64. The fourth-order valence-electron chi connectivity index (χ4n) is 1.23. The molecule has 0 fully saturated rings. The van der Waals surface area contributed by atoms with Crippen LogP contribution in [0, 0.1) is 0 Å². The van der Waals surface area contributed by atoms with Crippen LogP contribution in [0.25, 0.3) is 0 Å². The molecule has 10 heteroatoms. The van der Waals surface area contributed by atoms with Crippen molar-refractivity contribution in [2.24, 2.45) is 0 Å². The van der Waals surface area contributed by atoms with Crippen molar-refractivity contribution in [1.29, 1.82) is 0 Å². The number of esters is 1. The predicted molar refractivity (Wildman–Crippen MR) is 64.5 cm³/mol. The summed E-state index contributed by atoms with van der Waals surface area (Å²) in [6.07, 6.45) is -5.20. The van der Waals surface area contributed by atoms with E-state index in [0.717, 1.165) is 0 Å². The number of rotatable bonds is 6. The highest BCUT2D eigenvalue weighted by atomic mass is 19.4. The van der Waals surface area contributed by atoms with Crippen LogP contribution in [0.15, 0.2) is 0 Å². The Balaban J connectivity index is 5.05. The second-order valence-electron chi connectivity index (χ2n) is 4.18. The quantitative estimate of drug-likeness (QED) is 0.713. The van der Waals surface area contributed by atoms with E-state index in [1.165, 1.54) is 19.2 Å². The van der Waals surface area contributed by atoms with Crippen molar-refractivity contribution in [2.75, 3.05) is 19.7 Å². The van der Waals surface area contributed by atoms with E-state index in [2.05, 4.69) is 4.74 Å². The molecule has 0 rings (SSSR count). The number of alkyl halides is 3. The number of carbonyl (C=O) groups excluding carboxylic acids is 2. The first-order chi connectivity index (χ1) is 9.49. The molecule has 122 valence electrons. The molecule has 0 aliphatic carbocycles. The van der Waals surface area contributed by atoms with Gasteiger partial charge in [0.2, 0.25) is 5.54 Å². The van der Waals surface area contributed by atoms with E-state index in [1.54, 1.807) is 0 Å². The molecule has 0 saturated heterocycles. The smallest absolute Gasteiger partial charge is 0.422 e. The molecule has 0 saturated carbocycles. The van der Waals surface area contributed by atoms with Gasteiger partial charge in [-0.2, -0.15) is 13.2 Å². The summed E-state index contributed by atoms with van der Waals surface area (Å²) in [6.45, 7) is 2.64. The molecule has 0 radical (unpaired) electrons. The molecule has 1 atom stereocenters. The number of halogens is 3. The molecular weight excluding hydrogens is 297 g/mol. The van der Waals surface area contributed by atoms with Crippen molar-refractivity contribution in [3.8, 4) is 0 Å². The minimum atomic E-state index is -5.20. The highest BCUT2D eigenvalue weighted by Crippen LogP contribution is 2.30. The Morgan fingerprint density at radius 3 is 2.10 bits per heavy atom.